The number of hydrogen-bond donors (Lipinski definition) is 1. The fourth-order valence-electron chi connectivity index (χ4n) is 1.72. The van der Waals surface area contributed by atoms with Crippen LogP contribution >= 0.6 is 0 Å². The van der Waals surface area contributed by atoms with Gasteiger partial charge in [0.15, 0.2) is 9.84 Å². The largest absolute Gasteiger partial charge is 0.328 e. The van der Waals surface area contributed by atoms with Crippen molar-refractivity contribution in [2.45, 2.75) is 43.5 Å². The van der Waals surface area contributed by atoms with E-state index in [0.29, 0.717) is 10.8 Å². The van der Waals surface area contributed by atoms with Crippen LogP contribution in [0.15, 0.2) is 29.2 Å². The predicted molar refractivity (Wildman–Crippen MR) is 70.9 cm³/mol. The molecule has 0 saturated heterocycles. The normalized spacial score (nSPS) is 15.5. The summed E-state index contributed by atoms with van der Waals surface area (Å²) in [4.78, 5) is 0.376. The molecule has 0 aromatic heterocycles. The first-order valence-corrected chi connectivity index (χ1v) is 7.75. The third-order valence-electron chi connectivity index (χ3n) is 2.93. The zero-order valence-corrected chi connectivity index (χ0v) is 11.5. The average Bonchev–Trinajstić information content (AvgIpc) is 2.25. The Morgan fingerprint density at radius 2 is 1.65 bits per heavy atom. The summed E-state index contributed by atoms with van der Waals surface area (Å²) >= 11 is 0. The van der Waals surface area contributed by atoms with Crippen LogP contribution in [0.2, 0.25) is 0 Å². The Labute approximate surface area is 104 Å². The number of sulfone groups is 1. The van der Waals surface area contributed by atoms with Gasteiger partial charge in [0.2, 0.25) is 0 Å². The molecule has 0 spiro atoms. The minimum atomic E-state index is -3.09. The van der Waals surface area contributed by atoms with Gasteiger partial charge in [-0.05, 0) is 43.4 Å². The monoisotopic (exact) mass is 255 g/mol. The van der Waals surface area contributed by atoms with E-state index in [1.807, 2.05) is 19.1 Å². The molecular formula is C13H21NO2S. The van der Waals surface area contributed by atoms with Gasteiger partial charge in [-0.15, -0.1) is 0 Å². The van der Waals surface area contributed by atoms with E-state index in [-0.39, 0.29) is 6.04 Å². The van der Waals surface area contributed by atoms with Crippen molar-refractivity contribution in [2.24, 2.45) is 5.73 Å². The maximum Gasteiger partial charge on any atom is 0.175 e. The van der Waals surface area contributed by atoms with Gasteiger partial charge in [-0.1, -0.05) is 19.1 Å². The summed E-state index contributed by atoms with van der Waals surface area (Å²) in [5, 5.41) is 0. The van der Waals surface area contributed by atoms with Gasteiger partial charge in [-0.3, -0.25) is 0 Å². The molecular weight excluding hydrogens is 234 g/mol. The summed E-state index contributed by atoms with van der Waals surface area (Å²) in [6.45, 7) is 4.14. The highest BCUT2D eigenvalue weighted by atomic mass is 32.2. The summed E-state index contributed by atoms with van der Waals surface area (Å²) in [5.41, 5.74) is 6.89. The van der Waals surface area contributed by atoms with Crippen LogP contribution in [-0.2, 0) is 9.84 Å². The van der Waals surface area contributed by atoms with Gasteiger partial charge in [0.1, 0.15) is 0 Å². The fraction of sp³-hybridized carbons (Fsp3) is 0.538. The van der Waals surface area contributed by atoms with Gasteiger partial charge >= 0.3 is 0 Å². The molecule has 0 fully saturated rings. The fourth-order valence-corrected chi connectivity index (χ4v) is 2.35. The topological polar surface area (TPSA) is 60.2 Å². The summed E-state index contributed by atoms with van der Waals surface area (Å²) in [5.74, 6) is 0.412. The molecule has 0 saturated carbocycles. The van der Waals surface area contributed by atoms with E-state index in [1.165, 1.54) is 6.26 Å². The molecule has 1 rings (SSSR count). The van der Waals surface area contributed by atoms with Crippen molar-refractivity contribution in [1.29, 1.82) is 0 Å². The van der Waals surface area contributed by atoms with Gasteiger partial charge in [0.25, 0.3) is 0 Å². The smallest absolute Gasteiger partial charge is 0.175 e. The lowest BCUT2D eigenvalue weighted by molar-refractivity contribution is 0.568. The standard InChI is InChI=1S/C13H21NO2S/c1-10(4-5-11(2)14)12-6-8-13(9-7-12)17(3,15)16/h6-11H,4-5,14H2,1-3H3. The van der Waals surface area contributed by atoms with E-state index in [1.54, 1.807) is 12.1 Å². The summed E-state index contributed by atoms with van der Waals surface area (Å²) < 4.78 is 22.6. The number of benzene rings is 1. The second-order valence-electron chi connectivity index (χ2n) is 4.80. The van der Waals surface area contributed by atoms with E-state index in [9.17, 15) is 8.42 Å². The molecule has 2 unspecified atom stereocenters. The molecule has 3 nitrogen and oxygen atoms in total. The van der Waals surface area contributed by atoms with Crippen molar-refractivity contribution in [1.82, 2.24) is 0 Å². The Kier molecular flexibility index (Phi) is 4.71. The first-order valence-electron chi connectivity index (χ1n) is 5.86. The van der Waals surface area contributed by atoms with Gasteiger partial charge in [-0.25, -0.2) is 8.42 Å². The molecule has 2 N–H and O–H groups in total. The van der Waals surface area contributed by atoms with Gasteiger partial charge in [-0.2, -0.15) is 0 Å². The minimum absolute atomic E-state index is 0.216. The van der Waals surface area contributed by atoms with E-state index in [2.05, 4.69) is 6.92 Å². The SMILES string of the molecule is CC(N)CCC(C)c1ccc(S(C)(=O)=O)cc1. The molecule has 0 aliphatic rings. The Hall–Kier alpha value is -0.870. The Bertz CT molecular complexity index is 449. The minimum Gasteiger partial charge on any atom is -0.328 e. The number of hydrogen-bond acceptors (Lipinski definition) is 3. The van der Waals surface area contributed by atoms with E-state index < -0.39 is 9.84 Å². The van der Waals surface area contributed by atoms with Crippen molar-refractivity contribution in [3.8, 4) is 0 Å². The quantitative estimate of drug-likeness (QED) is 0.878. The molecule has 1 aromatic carbocycles. The number of rotatable bonds is 5. The van der Waals surface area contributed by atoms with Gasteiger partial charge in [0, 0.05) is 12.3 Å². The molecule has 4 heteroatoms. The molecule has 0 radical (unpaired) electrons. The molecule has 2 atom stereocenters. The highest BCUT2D eigenvalue weighted by Crippen LogP contribution is 2.22. The Morgan fingerprint density at radius 1 is 1.12 bits per heavy atom. The van der Waals surface area contributed by atoms with Crippen LogP contribution in [-0.4, -0.2) is 20.7 Å². The van der Waals surface area contributed by atoms with E-state index >= 15 is 0 Å². The predicted octanol–water partition coefficient (Wildman–Crippen LogP) is 2.32. The summed E-state index contributed by atoms with van der Waals surface area (Å²) in [6.07, 6.45) is 3.23. The van der Waals surface area contributed by atoms with Crippen LogP contribution in [0.3, 0.4) is 0 Å². The summed E-state index contributed by atoms with van der Waals surface area (Å²) in [7, 11) is -3.09. The second kappa shape index (κ2) is 5.65. The van der Waals surface area contributed by atoms with Crippen molar-refractivity contribution in [3.63, 3.8) is 0 Å². The van der Waals surface area contributed by atoms with E-state index in [4.69, 9.17) is 5.73 Å². The van der Waals surface area contributed by atoms with Gasteiger partial charge in [0.05, 0.1) is 4.90 Å². The molecule has 0 heterocycles. The Morgan fingerprint density at radius 3 is 2.06 bits per heavy atom. The highest BCUT2D eigenvalue weighted by Gasteiger charge is 2.10. The molecule has 96 valence electrons. The number of nitrogens with two attached hydrogens (primary N) is 1. The van der Waals surface area contributed by atoms with Crippen LogP contribution in [0, 0.1) is 0 Å². The molecule has 1 aromatic rings. The second-order valence-corrected chi connectivity index (χ2v) is 6.81. The first-order chi connectivity index (χ1) is 7.80. The zero-order chi connectivity index (χ0) is 13.1. The lowest BCUT2D eigenvalue weighted by Crippen LogP contribution is -2.15. The third kappa shape index (κ3) is 4.48. The third-order valence-corrected chi connectivity index (χ3v) is 4.06. The highest BCUT2D eigenvalue weighted by molar-refractivity contribution is 7.90. The van der Waals surface area contributed by atoms with Crippen LogP contribution in [0.5, 0.6) is 0 Å². The lowest BCUT2D eigenvalue weighted by Gasteiger charge is -2.13. The molecule has 0 aliphatic carbocycles. The van der Waals surface area contributed by atoms with Crippen molar-refractivity contribution >= 4 is 9.84 Å². The van der Waals surface area contributed by atoms with Crippen molar-refractivity contribution in [3.05, 3.63) is 29.8 Å². The molecule has 0 aliphatic heterocycles. The van der Waals surface area contributed by atoms with Crippen LogP contribution in [0.25, 0.3) is 0 Å². The van der Waals surface area contributed by atoms with Crippen LogP contribution < -0.4 is 5.73 Å². The maximum absolute atomic E-state index is 11.3. The first kappa shape index (κ1) is 14.2. The summed E-state index contributed by atoms with van der Waals surface area (Å²) in [6, 6.07) is 7.35. The zero-order valence-electron chi connectivity index (χ0n) is 10.7. The van der Waals surface area contributed by atoms with Crippen LogP contribution in [0.1, 0.15) is 38.2 Å². The van der Waals surface area contributed by atoms with Crippen LogP contribution in [0.4, 0.5) is 0 Å². The van der Waals surface area contributed by atoms with Crippen molar-refractivity contribution < 1.29 is 8.42 Å². The average molecular weight is 255 g/mol. The van der Waals surface area contributed by atoms with Crippen molar-refractivity contribution in [2.75, 3.05) is 6.26 Å². The molecule has 17 heavy (non-hydrogen) atoms. The maximum atomic E-state index is 11.3. The Balaban J connectivity index is 2.74. The molecule has 0 amide bonds. The molecule has 0 bridgehead atoms. The van der Waals surface area contributed by atoms with E-state index in [0.717, 1.165) is 18.4 Å². The van der Waals surface area contributed by atoms with Gasteiger partial charge < -0.3 is 5.73 Å². The lowest BCUT2D eigenvalue weighted by atomic mass is 9.95.